The topological polar surface area (TPSA) is 144 Å². The second kappa shape index (κ2) is 10.2. The highest BCUT2D eigenvalue weighted by Crippen LogP contribution is 2.42. The van der Waals surface area contributed by atoms with E-state index in [0.29, 0.717) is 5.69 Å². The first-order valence-electron chi connectivity index (χ1n) is 11.8. The Balaban J connectivity index is 1.90. The van der Waals surface area contributed by atoms with Crippen LogP contribution < -0.4 is 20.5 Å². The van der Waals surface area contributed by atoms with Crippen LogP contribution in [0.4, 0.5) is 11.4 Å². The molecule has 0 aliphatic carbocycles. The van der Waals surface area contributed by atoms with Crippen LogP contribution in [0.1, 0.15) is 22.3 Å². The smallest absolute Gasteiger partial charge is 0.295 e. The summed E-state index contributed by atoms with van der Waals surface area (Å²) >= 11 is 0. The summed E-state index contributed by atoms with van der Waals surface area (Å²) in [5.74, 6) is 0.358. The second-order valence-corrected chi connectivity index (χ2v) is 12.6. The summed E-state index contributed by atoms with van der Waals surface area (Å²) in [4.78, 5) is -0.665. The number of ether oxygens (including phenoxy) is 1. The third kappa shape index (κ3) is 4.90. The first-order chi connectivity index (χ1) is 18.9. The maximum atomic E-state index is 12.5. The maximum absolute atomic E-state index is 12.5. The Morgan fingerprint density at radius 3 is 2.08 bits per heavy atom. The summed E-state index contributed by atoms with van der Waals surface area (Å²) in [6.45, 7) is 7.55. The SMILES string of the molecule is C=c1cc2c(cc1[SH](=O)=O)=C(c1ccccc1S(=O)(=O)O)c1cc([SH](=O)=O)c(Nc3c(C)cccc3C)cc1O2. The zero-order valence-corrected chi connectivity index (χ0v) is 23.8. The lowest BCUT2D eigenvalue weighted by molar-refractivity contribution is 0.470. The molecule has 0 bridgehead atoms. The average molecular weight is 598 g/mol. The Kier molecular flexibility index (Phi) is 7.04. The van der Waals surface area contributed by atoms with Crippen molar-refractivity contribution in [1.82, 2.24) is 0 Å². The number of benzene rings is 4. The van der Waals surface area contributed by atoms with E-state index in [4.69, 9.17) is 4.74 Å². The molecule has 4 aromatic carbocycles. The summed E-state index contributed by atoms with van der Waals surface area (Å²) in [5, 5.41) is 3.54. The first-order valence-corrected chi connectivity index (χ1v) is 15.6. The summed E-state index contributed by atoms with van der Waals surface area (Å²) < 4.78 is 89.7. The minimum Gasteiger partial charge on any atom is -0.456 e. The molecule has 0 atom stereocenters. The summed E-state index contributed by atoms with van der Waals surface area (Å²) in [6, 6.07) is 16.8. The largest absolute Gasteiger partial charge is 0.456 e. The van der Waals surface area contributed by atoms with Crippen LogP contribution in [0.2, 0.25) is 0 Å². The Morgan fingerprint density at radius 2 is 1.45 bits per heavy atom. The standard InChI is InChI=1S/C28H23NO8S3/c1-15-7-6-8-16(2)28(15)29-21-14-23-20(13-25(21)39(32)33)27(18-9-4-5-10-26(18)40(34,35)36)19-12-24(38(30)31)17(3)11-22(19)37-23/h4-14,29,38-39H,3H2,1-2H3,(H,34,35,36). The molecule has 12 heteroatoms. The Bertz CT molecular complexity index is 2080. The molecule has 206 valence electrons. The van der Waals surface area contributed by atoms with Crippen LogP contribution in [0.15, 0.2) is 81.4 Å². The predicted molar refractivity (Wildman–Crippen MR) is 152 cm³/mol. The van der Waals surface area contributed by atoms with E-state index in [1.165, 1.54) is 42.5 Å². The van der Waals surface area contributed by atoms with Crippen LogP contribution >= 0.6 is 0 Å². The van der Waals surface area contributed by atoms with Gasteiger partial charge in [0, 0.05) is 33.7 Å². The highest BCUT2D eigenvalue weighted by molar-refractivity contribution is 7.86. The van der Waals surface area contributed by atoms with Gasteiger partial charge in [0.1, 0.15) is 16.4 Å². The van der Waals surface area contributed by atoms with Crippen LogP contribution in [0.3, 0.4) is 0 Å². The van der Waals surface area contributed by atoms with Gasteiger partial charge in [0.05, 0.1) is 15.5 Å². The van der Waals surface area contributed by atoms with Crippen LogP contribution in [0, 0.1) is 13.8 Å². The summed E-state index contributed by atoms with van der Waals surface area (Å²) in [7, 11) is -11.0. The van der Waals surface area contributed by atoms with E-state index in [-0.39, 0.29) is 54.1 Å². The van der Waals surface area contributed by atoms with E-state index in [1.807, 2.05) is 32.0 Å². The van der Waals surface area contributed by atoms with Gasteiger partial charge >= 0.3 is 0 Å². The molecule has 0 aromatic heterocycles. The third-order valence-electron chi connectivity index (χ3n) is 6.61. The van der Waals surface area contributed by atoms with Crippen molar-refractivity contribution in [1.29, 1.82) is 0 Å². The van der Waals surface area contributed by atoms with Crippen molar-refractivity contribution in [3.8, 4) is 11.5 Å². The van der Waals surface area contributed by atoms with Crippen LogP contribution in [-0.2, 0) is 31.5 Å². The van der Waals surface area contributed by atoms with E-state index in [1.54, 1.807) is 6.07 Å². The Labute approximate surface area is 233 Å². The zero-order valence-electron chi connectivity index (χ0n) is 21.2. The molecule has 0 fully saturated rings. The molecule has 1 aliphatic rings. The molecular weight excluding hydrogens is 575 g/mol. The van der Waals surface area contributed by atoms with Gasteiger partial charge in [0.2, 0.25) is 0 Å². The molecule has 0 saturated heterocycles. The Morgan fingerprint density at radius 1 is 0.800 bits per heavy atom. The highest BCUT2D eigenvalue weighted by atomic mass is 32.2. The van der Waals surface area contributed by atoms with Gasteiger partial charge in [-0.05, 0) is 54.5 Å². The quantitative estimate of drug-likeness (QED) is 0.172. The van der Waals surface area contributed by atoms with Crippen molar-refractivity contribution < 1.29 is 34.5 Å². The number of fused-ring (bicyclic) bond motifs is 2. The molecule has 0 radical (unpaired) electrons. The number of rotatable bonds is 6. The molecule has 0 amide bonds. The minimum absolute atomic E-state index is 0.0298. The van der Waals surface area contributed by atoms with Crippen molar-refractivity contribution in [2.24, 2.45) is 0 Å². The minimum atomic E-state index is -4.73. The van der Waals surface area contributed by atoms with Crippen molar-refractivity contribution in [3.05, 3.63) is 99.4 Å². The molecule has 40 heavy (non-hydrogen) atoms. The van der Waals surface area contributed by atoms with Gasteiger partial charge in [-0.25, -0.2) is 16.8 Å². The van der Waals surface area contributed by atoms with E-state index >= 15 is 0 Å². The maximum Gasteiger partial charge on any atom is 0.295 e. The number of anilines is 2. The van der Waals surface area contributed by atoms with Crippen LogP contribution in [-0.4, -0.2) is 29.8 Å². The number of aryl methyl sites for hydroxylation is 2. The molecule has 0 saturated carbocycles. The van der Waals surface area contributed by atoms with Crippen molar-refractivity contribution >= 4 is 55.1 Å². The molecule has 1 heterocycles. The number of thiol groups is 2. The van der Waals surface area contributed by atoms with Crippen molar-refractivity contribution in [2.75, 3.05) is 5.32 Å². The van der Waals surface area contributed by atoms with E-state index in [0.717, 1.165) is 11.1 Å². The molecule has 0 spiro atoms. The number of nitrogens with one attached hydrogen (secondary N) is 1. The van der Waals surface area contributed by atoms with Crippen molar-refractivity contribution in [3.63, 3.8) is 0 Å². The molecule has 4 aromatic rings. The van der Waals surface area contributed by atoms with Gasteiger partial charge in [0.15, 0.2) is 21.4 Å². The fourth-order valence-corrected chi connectivity index (χ4v) is 6.54. The van der Waals surface area contributed by atoms with Gasteiger partial charge < -0.3 is 10.1 Å². The Hall–Kier alpha value is -3.97. The number of hydrogen-bond donors (Lipinski definition) is 4. The van der Waals surface area contributed by atoms with Gasteiger partial charge in [-0.2, -0.15) is 8.42 Å². The first kappa shape index (κ1) is 27.6. The highest BCUT2D eigenvalue weighted by Gasteiger charge is 2.28. The molecule has 2 N–H and O–H groups in total. The lowest BCUT2D eigenvalue weighted by atomic mass is 9.92. The summed E-state index contributed by atoms with van der Waals surface area (Å²) in [6.07, 6.45) is 0. The van der Waals surface area contributed by atoms with E-state index in [2.05, 4.69) is 11.9 Å². The molecule has 5 rings (SSSR count). The summed E-state index contributed by atoms with van der Waals surface area (Å²) in [5.41, 5.74) is 3.08. The van der Waals surface area contributed by atoms with Gasteiger partial charge in [-0.3, -0.25) is 4.55 Å². The third-order valence-corrected chi connectivity index (χ3v) is 9.09. The predicted octanol–water partition coefficient (Wildman–Crippen LogP) is 3.00. The van der Waals surface area contributed by atoms with E-state index < -0.39 is 36.4 Å². The normalized spacial score (nSPS) is 12.7. The second-order valence-electron chi connectivity index (χ2n) is 9.20. The molecule has 0 unspecified atom stereocenters. The van der Waals surface area contributed by atoms with Gasteiger partial charge in [-0.1, -0.05) is 43.0 Å². The fraction of sp³-hybridized carbons (Fsp3) is 0.0714. The van der Waals surface area contributed by atoms with Gasteiger partial charge in [-0.15, -0.1) is 0 Å². The number of para-hydroxylation sites is 1. The van der Waals surface area contributed by atoms with Gasteiger partial charge in [0.25, 0.3) is 10.1 Å². The van der Waals surface area contributed by atoms with Crippen molar-refractivity contribution in [2.45, 2.75) is 28.5 Å². The fourth-order valence-electron chi connectivity index (χ4n) is 4.76. The van der Waals surface area contributed by atoms with E-state index in [9.17, 15) is 29.8 Å². The zero-order chi connectivity index (χ0) is 28.9. The molecular formula is C28H23NO8S3. The average Bonchev–Trinajstić information content (AvgIpc) is 2.88. The molecule has 9 nitrogen and oxygen atoms in total. The monoisotopic (exact) mass is 597 g/mol. The van der Waals surface area contributed by atoms with Crippen LogP contribution in [0.5, 0.6) is 11.5 Å². The lowest BCUT2D eigenvalue weighted by Crippen LogP contribution is -2.23. The molecule has 1 aliphatic heterocycles. The lowest BCUT2D eigenvalue weighted by Gasteiger charge is -2.24. The number of hydrogen-bond acceptors (Lipinski definition) is 8. The van der Waals surface area contributed by atoms with Crippen LogP contribution in [0.25, 0.3) is 12.2 Å².